The molecular weight excluding hydrogens is 212 g/mol. The molecule has 0 saturated heterocycles. The lowest BCUT2D eigenvalue weighted by atomic mass is 10.1. The first-order chi connectivity index (χ1) is 8.20. The Morgan fingerprint density at radius 1 is 1.35 bits per heavy atom. The Morgan fingerprint density at radius 3 is 2.53 bits per heavy atom. The molecule has 3 nitrogen and oxygen atoms in total. The monoisotopic (exact) mass is 232 g/mol. The molecule has 3 heteroatoms. The van der Waals surface area contributed by atoms with Crippen LogP contribution in [0.5, 0.6) is 0 Å². The van der Waals surface area contributed by atoms with Crippen molar-refractivity contribution in [3.05, 3.63) is 29.8 Å². The molecule has 1 aliphatic rings. The minimum atomic E-state index is 0.145. The fraction of sp³-hybridized carbons (Fsp3) is 0.500. The Labute approximate surface area is 103 Å². The number of nitrogens with one attached hydrogen (secondary N) is 2. The third-order valence-electron chi connectivity index (χ3n) is 3.35. The van der Waals surface area contributed by atoms with Crippen molar-refractivity contribution in [1.29, 1.82) is 0 Å². The molecule has 1 fully saturated rings. The summed E-state index contributed by atoms with van der Waals surface area (Å²) < 4.78 is 0. The van der Waals surface area contributed by atoms with E-state index in [4.69, 9.17) is 0 Å². The first-order valence-corrected chi connectivity index (χ1v) is 6.25. The van der Waals surface area contributed by atoms with Crippen LogP contribution in [0.2, 0.25) is 0 Å². The van der Waals surface area contributed by atoms with Crippen molar-refractivity contribution in [3.8, 4) is 0 Å². The smallest absolute Gasteiger partial charge is 0.227 e. The second-order valence-electron chi connectivity index (χ2n) is 4.84. The summed E-state index contributed by atoms with van der Waals surface area (Å²) in [6, 6.07) is 8.00. The molecule has 1 saturated carbocycles. The summed E-state index contributed by atoms with van der Waals surface area (Å²) in [5, 5.41) is 6.07. The number of benzene rings is 1. The van der Waals surface area contributed by atoms with Gasteiger partial charge in [-0.2, -0.15) is 0 Å². The Hall–Kier alpha value is -1.35. The second-order valence-corrected chi connectivity index (χ2v) is 4.84. The summed E-state index contributed by atoms with van der Waals surface area (Å²) in [5.41, 5.74) is 2.11. The van der Waals surface area contributed by atoms with E-state index in [0.717, 1.165) is 12.2 Å². The lowest BCUT2D eigenvalue weighted by Crippen LogP contribution is -2.21. The number of hydrogen-bond donors (Lipinski definition) is 2. The van der Waals surface area contributed by atoms with E-state index in [2.05, 4.69) is 10.6 Å². The molecule has 1 aromatic carbocycles. The highest BCUT2D eigenvalue weighted by Crippen LogP contribution is 2.37. The molecule has 1 aliphatic carbocycles. The van der Waals surface area contributed by atoms with Crippen molar-refractivity contribution in [2.24, 2.45) is 11.8 Å². The van der Waals surface area contributed by atoms with Crippen LogP contribution in [0.4, 0.5) is 5.69 Å². The van der Waals surface area contributed by atoms with E-state index in [0.29, 0.717) is 5.92 Å². The van der Waals surface area contributed by atoms with Crippen LogP contribution in [0.1, 0.15) is 25.3 Å². The Kier molecular flexibility index (Phi) is 3.79. The van der Waals surface area contributed by atoms with Crippen LogP contribution in [-0.2, 0) is 11.3 Å². The molecule has 2 rings (SSSR count). The molecule has 0 heterocycles. The van der Waals surface area contributed by atoms with Crippen molar-refractivity contribution < 1.29 is 4.79 Å². The van der Waals surface area contributed by atoms with E-state index in [9.17, 15) is 4.79 Å². The molecule has 1 amide bonds. The van der Waals surface area contributed by atoms with Crippen LogP contribution < -0.4 is 10.6 Å². The fourth-order valence-corrected chi connectivity index (χ4v) is 1.98. The van der Waals surface area contributed by atoms with E-state index in [1.807, 2.05) is 38.2 Å². The minimum Gasteiger partial charge on any atom is -0.326 e. The molecular formula is C14H20N2O. The zero-order valence-electron chi connectivity index (χ0n) is 10.5. The highest BCUT2D eigenvalue weighted by atomic mass is 16.1. The van der Waals surface area contributed by atoms with Crippen molar-refractivity contribution >= 4 is 11.6 Å². The average Bonchev–Trinajstić information content (AvgIpc) is 3.15. The number of hydrogen-bond acceptors (Lipinski definition) is 2. The van der Waals surface area contributed by atoms with Gasteiger partial charge >= 0.3 is 0 Å². The number of carbonyl (C=O) groups excluding carboxylic acids is 1. The number of anilines is 1. The Morgan fingerprint density at radius 2 is 2.00 bits per heavy atom. The first-order valence-electron chi connectivity index (χ1n) is 6.25. The Bertz CT molecular complexity index is 382. The Balaban J connectivity index is 1.91. The third kappa shape index (κ3) is 3.30. The first kappa shape index (κ1) is 12.1. The normalized spacial score (nSPS) is 16.6. The molecule has 0 spiro atoms. The van der Waals surface area contributed by atoms with Gasteiger partial charge in [-0.1, -0.05) is 19.1 Å². The van der Waals surface area contributed by atoms with E-state index < -0.39 is 0 Å². The van der Waals surface area contributed by atoms with Gasteiger partial charge in [0, 0.05) is 18.2 Å². The fourth-order valence-electron chi connectivity index (χ4n) is 1.98. The summed E-state index contributed by atoms with van der Waals surface area (Å²) in [5.74, 6) is 0.902. The summed E-state index contributed by atoms with van der Waals surface area (Å²) in [6.07, 6.45) is 2.41. The summed E-state index contributed by atoms with van der Waals surface area (Å²) >= 11 is 0. The average molecular weight is 232 g/mol. The minimum absolute atomic E-state index is 0.145. The van der Waals surface area contributed by atoms with E-state index >= 15 is 0 Å². The maximum atomic E-state index is 11.9. The molecule has 1 aromatic rings. The molecule has 0 aromatic heterocycles. The van der Waals surface area contributed by atoms with Gasteiger partial charge < -0.3 is 10.6 Å². The highest BCUT2D eigenvalue weighted by Gasteiger charge is 2.32. The summed E-state index contributed by atoms with van der Waals surface area (Å²) in [7, 11) is 1.92. The van der Waals surface area contributed by atoms with Crippen LogP contribution in [0, 0.1) is 11.8 Å². The standard InChI is InChI=1S/C14H20N2O/c1-10(12-5-6-12)14(17)16-13-7-3-11(4-8-13)9-15-2/h3-4,7-8,10,12,15H,5-6,9H2,1-2H3,(H,16,17). The molecule has 1 atom stereocenters. The van der Waals surface area contributed by atoms with Gasteiger partial charge in [-0.15, -0.1) is 0 Å². The van der Waals surface area contributed by atoms with Gasteiger partial charge in [-0.3, -0.25) is 4.79 Å². The SMILES string of the molecule is CNCc1ccc(NC(=O)C(C)C2CC2)cc1. The topological polar surface area (TPSA) is 41.1 Å². The van der Waals surface area contributed by atoms with Crippen LogP contribution >= 0.6 is 0 Å². The highest BCUT2D eigenvalue weighted by molar-refractivity contribution is 5.92. The zero-order chi connectivity index (χ0) is 12.3. The van der Waals surface area contributed by atoms with Gasteiger partial charge in [0.1, 0.15) is 0 Å². The second kappa shape index (κ2) is 5.32. The number of amides is 1. The van der Waals surface area contributed by atoms with E-state index in [1.165, 1.54) is 18.4 Å². The van der Waals surface area contributed by atoms with Crippen molar-refractivity contribution in [3.63, 3.8) is 0 Å². The molecule has 17 heavy (non-hydrogen) atoms. The molecule has 0 radical (unpaired) electrons. The van der Waals surface area contributed by atoms with Crippen LogP contribution in [0.25, 0.3) is 0 Å². The van der Waals surface area contributed by atoms with Crippen molar-refractivity contribution in [1.82, 2.24) is 5.32 Å². The lowest BCUT2D eigenvalue weighted by Gasteiger charge is -2.11. The lowest BCUT2D eigenvalue weighted by molar-refractivity contribution is -0.119. The molecule has 0 bridgehead atoms. The largest absolute Gasteiger partial charge is 0.326 e. The van der Waals surface area contributed by atoms with Gasteiger partial charge in [0.15, 0.2) is 0 Å². The quantitative estimate of drug-likeness (QED) is 0.818. The predicted molar refractivity (Wildman–Crippen MR) is 69.7 cm³/mol. The van der Waals surface area contributed by atoms with E-state index in [-0.39, 0.29) is 11.8 Å². The van der Waals surface area contributed by atoms with Gasteiger partial charge in [0.05, 0.1) is 0 Å². The number of carbonyl (C=O) groups is 1. The van der Waals surface area contributed by atoms with Crippen molar-refractivity contribution in [2.45, 2.75) is 26.3 Å². The summed E-state index contributed by atoms with van der Waals surface area (Å²) in [4.78, 5) is 11.9. The van der Waals surface area contributed by atoms with Gasteiger partial charge in [0.2, 0.25) is 5.91 Å². The predicted octanol–water partition coefficient (Wildman–Crippen LogP) is 2.39. The molecule has 1 unspecified atom stereocenters. The van der Waals surface area contributed by atoms with Crippen molar-refractivity contribution in [2.75, 3.05) is 12.4 Å². The maximum absolute atomic E-state index is 11.9. The zero-order valence-corrected chi connectivity index (χ0v) is 10.5. The van der Waals surface area contributed by atoms with Crippen LogP contribution in [0.3, 0.4) is 0 Å². The molecule has 2 N–H and O–H groups in total. The summed E-state index contributed by atoms with van der Waals surface area (Å²) in [6.45, 7) is 2.87. The van der Waals surface area contributed by atoms with E-state index in [1.54, 1.807) is 0 Å². The van der Waals surface area contributed by atoms with Crippen LogP contribution in [0.15, 0.2) is 24.3 Å². The molecule has 92 valence electrons. The van der Waals surface area contributed by atoms with Crippen LogP contribution in [-0.4, -0.2) is 13.0 Å². The van der Waals surface area contributed by atoms with Gasteiger partial charge in [-0.05, 0) is 43.5 Å². The van der Waals surface area contributed by atoms with Gasteiger partial charge in [-0.25, -0.2) is 0 Å². The van der Waals surface area contributed by atoms with Gasteiger partial charge in [0.25, 0.3) is 0 Å². The third-order valence-corrected chi connectivity index (χ3v) is 3.35. The number of rotatable bonds is 5. The maximum Gasteiger partial charge on any atom is 0.227 e. The molecule has 0 aliphatic heterocycles.